The molecule has 0 bridgehead atoms. The topological polar surface area (TPSA) is 186 Å². The van der Waals surface area contributed by atoms with Crippen molar-refractivity contribution in [2.75, 3.05) is 45.9 Å². The summed E-state index contributed by atoms with van der Waals surface area (Å²) in [5.74, 6) is -3.19. The van der Waals surface area contributed by atoms with Gasteiger partial charge in [-0.25, -0.2) is 14.6 Å². The van der Waals surface area contributed by atoms with Gasteiger partial charge in [-0.05, 0) is 77.3 Å². The molecule has 1 aromatic heterocycles. The number of carbonyl (C=O) groups excluding carboxylic acids is 6. The molecule has 0 spiro atoms. The van der Waals surface area contributed by atoms with E-state index < -0.39 is 58.7 Å². The summed E-state index contributed by atoms with van der Waals surface area (Å²) in [4.78, 5) is 82.8. The number of pyridine rings is 1. The molecule has 1 saturated heterocycles. The fraction of sp³-hybridized carbons (Fsp3) is 0.500. The number of methoxy groups -OCH3 is 2. The van der Waals surface area contributed by atoms with E-state index in [1.807, 2.05) is 6.07 Å². The third kappa shape index (κ3) is 12.7. The number of carbonyl (C=O) groups is 6. The van der Waals surface area contributed by atoms with Gasteiger partial charge in [-0.2, -0.15) is 0 Å². The highest BCUT2D eigenvalue weighted by atomic mass is 16.6. The Labute approximate surface area is 309 Å². The van der Waals surface area contributed by atoms with E-state index in [1.54, 1.807) is 51.1 Å². The Morgan fingerprint density at radius 3 is 2.40 bits per heavy atom. The molecule has 15 heteroatoms. The molecule has 0 unspecified atom stereocenters. The second-order valence-corrected chi connectivity index (χ2v) is 13.8. The number of hydrogen-bond donors (Lipinski definition) is 1. The summed E-state index contributed by atoms with van der Waals surface area (Å²) < 4.78 is 32.6. The van der Waals surface area contributed by atoms with Crippen LogP contribution >= 0.6 is 0 Å². The normalized spacial score (nSPS) is 15.0. The maximum absolute atomic E-state index is 13.9. The zero-order chi connectivity index (χ0) is 39.3. The van der Waals surface area contributed by atoms with Crippen LogP contribution in [0.2, 0.25) is 0 Å². The van der Waals surface area contributed by atoms with Crippen LogP contribution in [-0.2, 0) is 54.1 Å². The minimum absolute atomic E-state index is 0.0633. The first-order valence-corrected chi connectivity index (χ1v) is 17.1. The molecular weight excluding hydrogens is 690 g/mol. The molecular formula is C38H49N3O12. The lowest BCUT2D eigenvalue weighted by molar-refractivity contribution is -0.170. The second kappa shape index (κ2) is 19.0. The SMILES string of the molecule is C=CC(=O)OCC(C)(C)C(=O)C(=O)N1CCOC[C@H]1C(=O)O[C@H](CCc1ccc(OC)c(OC)c1)c1cccc(NC(=O)CCC(=O)OC(C)(C)C)n1. The van der Waals surface area contributed by atoms with E-state index in [2.05, 4.69) is 16.9 Å². The third-order valence-electron chi connectivity index (χ3n) is 7.96. The number of hydrogen-bond acceptors (Lipinski definition) is 13. The molecule has 2 amide bonds. The molecule has 2 atom stereocenters. The summed E-state index contributed by atoms with van der Waals surface area (Å²) in [7, 11) is 3.04. The molecule has 3 rings (SSSR count). The average Bonchev–Trinajstić information content (AvgIpc) is 3.13. The highest BCUT2D eigenvalue weighted by Crippen LogP contribution is 2.31. The summed E-state index contributed by atoms with van der Waals surface area (Å²) >= 11 is 0. The van der Waals surface area contributed by atoms with Crippen molar-refractivity contribution in [3.63, 3.8) is 0 Å². The lowest BCUT2D eigenvalue weighted by Gasteiger charge is -2.35. The van der Waals surface area contributed by atoms with Crippen molar-refractivity contribution in [2.24, 2.45) is 5.41 Å². The zero-order valence-electron chi connectivity index (χ0n) is 31.4. The monoisotopic (exact) mass is 739 g/mol. The lowest BCUT2D eigenvalue weighted by Crippen LogP contribution is -2.57. The Kier molecular flexibility index (Phi) is 15.1. The fourth-order valence-corrected chi connectivity index (χ4v) is 5.17. The molecule has 53 heavy (non-hydrogen) atoms. The Bertz CT molecular complexity index is 1670. The van der Waals surface area contributed by atoms with Crippen LogP contribution in [0.1, 0.15) is 71.2 Å². The number of ether oxygens (including phenoxy) is 6. The van der Waals surface area contributed by atoms with E-state index in [4.69, 9.17) is 28.4 Å². The van der Waals surface area contributed by atoms with Crippen LogP contribution in [0.5, 0.6) is 11.5 Å². The van der Waals surface area contributed by atoms with Gasteiger partial charge in [0.05, 0.1) is 45.0 Å². The van der Waals surface area contributed by atoms with E-state index >= 15 is 0 Å². The molecule has 0 saturated carbocycles. The number of aryl methyl sites for hydroxylation is 1. The Balaban J connectivity index is 1.84. The second-order valence-electron chi connectivity index (χ2n) is 13.8. The number of rotatable bonds is 17. The van der Waals surface area contributed by atoms with Crippen molar-refractivity contribution >= 4 is 41.3 Å². The maximum Gasteiger partial charge on any atom is 0.331 e. The number of morpholine rings is 1. The molecule has 1 N–H and O–H groups in total. The van der Waals surface area contributed by atoms with Crippen LogP contribution in [0.3, 0.4) is 0 Å². The Hall–Kier alpha value is -5.31. The molecule has 1 aliphatic heterocycles. The van der Waals surface area contributed by atoms with Crippen LogP contribution in [0.15, 0.2) is 49.1 Å². The highest BCUT2D eigenvalue weighted by molar-refractivity contribution is 6.38. The van der Waals surface area contributed by atoms with Crippen molar-refractivity contribution in [3.8, 4) is 11.5 Å². The number of benzene rings is 1. The molecule has 1 aromatic carbocycles. The summed E-state index contributed by atoms with van der Waals surface area (Å²) in [6.45, 7) is 10.8. The van der Waals surface area contributed by atoms with Crippen LogP contribution in [-0.4, -0.2) is 97.6 Å². The van der Waals surface area contributed by atoms with Crippen molar-refractivity contribution < 1.29 is 57.2 Å². The minimum atomic E-state index is -1.40. The predicted octanol–water partition coefficient (Wildman–Crippen LogP) is 3.93. The Morgan fingerprint density at radius 1 is 1.02 bits per heavy atom. The number of esters is 3. The minimum Gasteiger partial charge on any atom is -0.493 e. The number of nitrogens with zero attached hydrogens (tertiary/aromatic N) is 2. The molecule has 15 nitrogen and oxygen atoms in total. The van der Waals surface area contributed by atoms with Crippen LogP contribution in [0.25, 0.3) is 0 Å². The maximum atomic E-state index is 13.9. The quantitative estimate of drug-likeness (QED) is 0.107. The summed E-state index contributed by atoms with van der Waals surface area (Å²) in [6.07, 6.45) is 0.281. The highest BCUT2D eigenvalue weighted by Gasteiger charge is 2.43. The van der Waals surface area contributed by atoms with Gasteiger partial charge in [0.1, 0.15) is 24.1 Å². The van der Waals surface area contributed by atoms with Gasteiger partial charge in [0.15, 0.2) is 17.5 Å². The van der Waals surface area contributed by atoms with Gasteiger partial charge >= 0.3 is 17.9 Å². The van der Waals surface area contributed by atoms with Gasteiger partial charge in [0.2, 0.25) is 11.7 Å². The van der Waals surface area contributed by atoms with Crippen LogP contribution < -0.4 is 14.8 Å². The van der Waals surface area contributed by atoms with Crippen molar-refractivity contribution in [1.29, 1.82) is 0 Å². The smallest absolute Gasteiger partial charge is 0.331 e. The molecule has 1 fully saturated rings. The first-order chi connectivity index (χ1) is 25.0. The number of nitrogens with one attached hydrogen (secondary N) is 1. The van der Waals surface area contributed by atoms with Gasteiger partial charge in [0.25, 0.3) is 5.91 Å². The number of amides is 2. The number of aromatic nitrogens is 1. The first kappa shape index (κ1) is 42.1. The molecule has 0 aliphatic carbocycles. The van der Waals surface area contributed by atoms with Gasteiger partial charge in [-0.3, -0.25) is 19.2 Å². The fourth-order valence-electron chi connectivity index (χ4n) is 5.17. The summed E-state index contributed by atoms with van der Waals surface area (Å²) in [6, 6.07) is 8.91. The lowest BCUT2D eigenvalue weighted by atomic mass is 9.88. The first-order valence-electron chi connectivity index (χ1n) is 17.1. The van der Waals surface area contributed by atoms with Gasteiger partial charge < -0.3 is 38.6 Å². The van der Waals surface area contributed by atoms with Crippen LogP contribution in [0, 0.1) is 5.41 Å². The van der Waals surface area contributed by atoms with Crippen molar-refractivity contribution in [2.45, 2.75) is 78.0 Å². The van der Waals surface area contributed by atoms with Crippen molar-refractivity contribution in [1.82, 2.24) is 9.88 Å². The molecule has 0 radical (unpaired) electrons. The standard InChI is InChI=1S/C38H49N3O12/c1-9-32(43)51-23-38(5,6)34(45)35(46)41-19-20-50-22-26(41)36(47)52-27(15-13-24-14-16-28(48-7)29(21-24)49-8)25-11-10-12-30(39-25)40-31(42)17-18-33(44)53-37(2,3)4/h9-12,14,16,21,26-27H,1,13,15,17-20,22-23H2,2-8H3,(H,39,40,42)/t26-,27+/m0/s1. The average molecular weight is 740 g/mol. The third-order valence-corrected chi connectivity index (χ3v) is 7.96. The molecule has 2 aromatic rings. The van der Waals surface area contributed by atoms with Crippen molar-refractivity contribution in [3.05, 3.63) is 60.3 Å². The predicted molar refractivity (Wildman–Crippen MR) is 191 cm³/mol. The van der Waals surface area contributed by atoms with Gasteiger partial charge in [-0.1, -0.05) is 18.7 Å². The molecule has 2 heterocycles. The Morgan fingerprint density at radius 2 is 1.74 bits per heavy atom. The number of ketones is 1. The summed E-state index contributed by atoms with van der Waals surface area (Å²) in [5, 5.41) is 2.67. The van der Waals surface area contributed by atoms with Crippen LogP contribution in [0.4, 0.5) is 5.82 Å². The van der Waals surface area contributed by atoms with E-state index in [0.29, 0.717) is 23.6 Å². The van der Waals surface area contributed by atoms with E-state index in [9.17, 15) is 28.8 Å². The van der Waals surface area contributed by atoms with E-state index in [-0.39, 0.29) is 51.4 Å². The van der Waals surface area contributed by atoms with E-state index in [0.717, 1.165) is 16.5 Å². The van der Waals surface area contributed by atoms with Gasteiger partial charge in [-0.15, -0.1) is 0 Å². The number of Topliss-reactive ketones (excluding diaryl/α,β-unsaturated/α-hetero) is 1. The van der Waals surface area contributed by atoms with Gasteiger partial charge in [0, 0.05) is 19.0 Å². The summed E-state index contributed by atoms with van der Waals surface area (Å²) in [5.41, 5.74) is -0.959. The molecule has 288 valence electrons. The number of anilines is 1. The molecule has 1 aliphatic rings. The van der Waals surface area contributed by atoms with E-state index in [1.165, 1.54) is 28.1 Å². The zero-order valence-corrected chi connectivity index (χ0v) is 31.4. The largest absolute Gasteiger partial charge is 0.493 e.